The zero-order valence-corrected chi connectivity index (χ0v) is 14.3. The van der Waals surface area contributed by atoms with Gasteiger partial charge in [-0.2, -0.15) is 4.31 Å². The van der Waals surface area contributed by atoms with Crippen LogP contribution in [0.5, 0.6) is 0 Å². The van der Waals surface area contributed by atoms with E-state index in [9.17, 15) is 21.6 Å². The van der Waals surface area contributed by atoms with Crippen molar-refractivity contribution in [3.63, 3.8) is 0 Å². The van der Waals surface area contributed by atoms with Crippen molar-refractivity contribution in [3.05, 3.63) is 29.6 Å². The van der Waals surface area contributed by atoms with Gasteiger partial charge in [-0.25, -0.2) is 21.6 Å². The summed E-state index contributed by atoms with van der Waals surface area (Å²) in [5.41, 5.74) is 0. The van der Waals surface area contributed by atoms with Gasteiger partial charge in [-0.1, -0.05) is 6.92 Å². The highest BCUT2D eigenvalue weighted by atomic mass is 35.5. The molecular weight excluding hydrogens is 353 g/mol. The smallest absolute Gasteiger partial charge is 0.249 e. The summed E-state index contributed by atoms with van der Waals surface area (Å²) in [6.45, 7) is 3.26. The second-order valence-electron chi connectivity index (χ2n) is 5.30. The maximum atomic E-state index is 13.9. The number of nitrogens with one attached hydrogen (secondary N) is 1. The van der Waals surface area contributed by atoms with E-state index in [2.05, 4.69) is 5.32 Å². The number of hydrogen-bond donors (Lipinski definition) is 1. The Kier molecular flexibility index (Phi) is 7.31. The van der Waals surface area contributed by atoms with Gasteiger partial charge in [0.2, 0.25) is 10.0 Å². The third-order valence-electron chi connectivity index (χ3n) is 3.69. The highest BCUT2D eigenvalue weighted by Crippen LogP contribution is 2.27. The van der Waals surface area contributed by atoms with Crippen LogP contribution in [0.1, 0.15) is 26.2 Å². The molecule has 0 unspecified atom stereocenters. The number of piperidine rings is 1. The van der Waals surface area contributed by atoms with Gasteiger partial charge in [0.1, 0.15) is 17.5 Å². The van der Waals surface area contributed by atoms with Crippen LogP contribution < -0.4 is 5.32 Å². The molecule has 4 nitrogen and oxygen atoms in total. The number of benzene rings is 1. The normalized spacial score (nSPS) is 16.4. The van der Waals surface area contributed by atoms with E-state index in [0.717, 1.165) is 4.31 Å². The number of halogens is 4. The van der Waals surface area contributed by atoms with Crippen LogP contribution in [-0.4, -0.2) is 38.4 Å². The summed E-state index contributed by atoms with van der Waals surface area (Å²) in [6.07, 6.45) is 1.67. The average Bonchev–Trinajstić information content (AvgIpc) is 2.44. The molecule has 23 heavy (non-hydrogen) atoms. The first-order valence-corrected chi connectivity index (χ1v) is 8.69. The lowest BCUT2D eigenvalue weighted by molar-refractivity contribution is 0.260. The summed E-state index contributed by atoms with van der Waals surface area (Å²) in [5.74, 6) is -3.93. The van der Waals surface area contributed by atoms with Gasteiger partial charge >= 0.3 is 0 Å². The van der Waals surface area contributed by atoms with Crippen LogP contribution in [0, 0.1) is 17.5 Å². The number of hydrogen-bond acceptors (Lipinski definition) is 3. The molecule has 0 spiro atoms. The van der Waals surface area contributed by atoms with Crippen LogP contribution in [0.3, 0.4) is 0 Å². The molecule has 1 aliphatic heterocycles. The summed E-state index contributed by atoms with van der Waals surface area (Å²) >= 11 is 0. The Labute approximate surface area is 140 Å². The fourth-order valence-corrected chi connectivity index (χ4v) is 4.58. The highest BCUT2D eigenvalue weighted by Gasteiger charge is 2.35. The first kappa shape index (κ1) is 20.2. The molecule has 1 aliphatic rings. The van der Waals surface area contributed by atoms with E-state index in [1.807, 2.05) is 0 Å². The molecule has 0 aromatic heterocycles. The molecule has 1 fully saturated rings. The quantitative estimate of drug-likeness (QED) is 0.864. The fourth-order valence-electron chi connectivity index (χ4n) is 2.71. The van der Waals surface area contributed by atoms with E-state index in [1.165, 1.54) is 0 Å². The molecule has 0 atom stereocenters. The third kappa shape index (κ3) is 4.37. The average molecular weight is 373 g/mol. The van der Waals surface area contributed by atoms with Gasteiger partial charge in [0.25, 0.3) is 0 Å². The third-order valence-corrected chi connectivity index (χ3v) is 5.69. The van der Waals surface area contributed by atoms with Gasteiger partial charge < -0.3 is 5.32 Å². The second kappa shape index (κ2) is 8.32. The minimum atomic E-state index is -4.35. The molecule has 0 bridgehead atoms. The molecule has 132 valence electrons. The molecule has 0 saturated carbocycles. The lowest BCUT2D eigenvalue weighted by atomic mass is 10.1. The molecule has 1 aromatic rings. The number of nitrogens with zero attached hydrogens (tertiary/aromatic N) is 1. The van der Waals surface area contributed by atoms with Gasteiger partial charge in [-0.3, -0.25) is 0 Å². The number of sulfonamides is 1. The summed E-state index contributed by atoms with van der Waals surface area (Å²) in [5, 5.41) is 3.11. The van der Waals surface area contributed by atoms with Crippen LogP contribution in [0.15, 0.2) is 17.0 Å². The van der Waals surface area contributed by atoms with Crippen LogP contribution in [0.25, 0.3) is 0 Å². The molecule has 9 heteroatoms. The summed E-state index contributed by atoms with van der Waals surface area (Å²) in [7, 11) is -4.35. The molecule has 1 saturated heterocycles. The van der Waals surface area contributed by atoms with E-state index >= 15 is 0 Å². The van der Waals surface area contributed by atoms with E-state index in [0.29, 0.717) is 44.5 Å². The Bertz CT molecular complexity index is 614. The topological polar surface area (TPSA) is 49.4 Å². The minimum absolute atomic E-state index is 0. The van der Waals surface area contributed by atoms with E-state index in [-0.39, 0.29) is 25.0 Å². The first-order chi connectivity index (χ1) is 10.4. The lowest BCUT2D eigenvalue weighted by Crippen LogP contribution is -2.46. The fraction of sp³-hybridized carbons (Fsp3) is 0.571. The van der Waals surface area contributed by atoms with Gasteiger partial charge in [0, 0.05) is 24.7 Å². The van der Waals surface area contributed by atoms with Crippen molar-refractivity contribution >= 4 is 22.4 Å². The lowest BCUT2D eigenvalue weighted by Gasteiger charge is -2.33. The molecule has 1 heterocycles. The predicted octanol–water partition coefficient (Wildman–Crippen LogP) is 2.68. The molecular formula is C14H20ClF3N2O2S. The Morgan fingerprint density at radius 1 is 1.17 bits per heavy atom. The van der Waals surface area contributed by atoms with Gasteiger partial charge in [0.05, 0.1) is 0 Å². The molecule has 2 rings (SSSR count). The molecule has 0 aliphatic carbocycles. The second-order valence-corrected chi connectivity index (χ2v) is 7.12. The largest absolute Gasteiger partial charge is 0.317 e. The Balaban J connectivity index is 0.00000264. The van der Waals surface area contributed by atoms with Gasteiger partial charge in [-0.05, 0) is 32.4 Å². The van der Waals surface area contributed by atoms with Crippen molar-refractivity contribution in [1.82, 2.24) is 9.62 Å². The zero-order chi connectivity index (χ0) is 16.3. The minimum Gasteiger partial charge on any atom is -0.317 e. The van der Waals surface area contributed by atoms with Crippen LogP contribution in [0.2, 0.25) is 0 Å². The van der Waals surface area contributed by atoms with E-state index in [4.69, 9.17) is 0 Å². The van der Waals surface area contributed by atoms with Crippen molar-refractivity contribution in [2.24, 2.45) is 0 Å². The Morgan fingerprint density at radius 2 is 1.70 bits per heavy atom. The van der Waals surface area contributed by atoms with Gasteiger partial charge in [-0.15, -0.1) is 12.4 Å². The monoisotopic (exact) mass is 372 g/mol. The van der Waals surface area contributed by atoms with Gasteiger partial charge in [0.15, 0.2) is 4.90 Å². The maximum absolute atomic E-state index is 13.9. The molecule has 1 N–H and O–H groups in total. The predicted molar refractivity (Wildman–Crippen MR) is 83.6 cm³/mol. The van der Waals surface area contributed by atoms with Crippen molar-refractivity contribution < 1.29 is 21.6 Å². The standard InChI is InChI=1S/C14H19F3N2O2S.ClH/c1-2-7-19(11-3-5-18-6-4-11)22(20,21)14-12(16)8-10(15)9-13(14)17;/h8-9,11,18H,2-7H2,1H3;1H. The van der Waals surface area contributed by atoms with Crippen molar-refractivity contribution in [1.29, 1.82) is 0 Å². The van der Waals surface area contributed by atoms with Crippen molar-refractivity contribution in [2.75, 3.05) is 19.6 Å². The molecule has 0 radical (unpaired) electrons. The number of rotatable bonds is 5. The van der Waals surface area contributed by atoms with E-state index in [1.54, 1.807) is 6.92 Å². The zero-order valence-electron chi connectivity index (χ0n) is 12.7. The summed E-state index contributed by atoms with van der Waals surface area (Å²) in [4.78, 5) is -1.07. The molecule has 0 amide bonds. The van der Waals surface area contributed by atoms with Crippen LogP contribution in [0.4, 0.5) is 13.2 Å². The highest BCUT2D eigenvalue weighted by molar-refractivity contribution is 7.89. The maximum Gasteiger partial charge on any atom is 0.249 e. The SMILES string of the molecule is CCCN(C1CCNCC1)S(=O)(=O)c1c(F)cc(F)cc1F.Cl. The Morgan fingerprint density at radius 3 is 2.17 bits per heavy atom. The van der Waals surface area contributed by atoms with E-state index < -0.39 is 32.4 Å². The molecule has 1 aromatic carbocycles. The van der Waals surface area contributed by atoms with Crippen LogP contribution in [-0.2, 0) is 10.0 Å². The van der Waals surface area contributed by atoms with Crippen LogP contribution >= 0.6 is 12.4 Å². The summed E-state index contributed by atoms with van der Waals surface area (Å²) < 4.78 is 67.3. The Hall–Kier alpha value is -0.830. The van der Waals surface area contributed by atoms with Crippen molar-refractivity contribution in [2.45, 2.75) is 37.1 Å². The van der Waals surface area contributed by atoms with Crippen molar-refractivity contribution in [3.8, 4) is 0 Å². The summed E-state index contributed by atoms with van der Waals surface area (Å²) in [6, 6.07) is 0.473. The first-order valence-electron chi connectivity index (χ1n) is 7.25.